The summed E-state index contributed by atoms with van der Waals surface area (Å²) in [6.45, 7) is 3.88. The lowest BCUT2D eigenvalue weighted by Crippen LogP contribution is -2.52. The Morgan fingerprint density at radius 2 is 1.26 bits per heavy atom. The van der Waals surface area contributed by atoms with Crippen molar-refractivity contribution in [3.05, 3.63) is 108 Å². The molecule has 0 N–H and O–H groups in total. The summed E-state index contributed by atoms with van der Waals surface area (Å²) < 4.78 is 31.3. The maximum absolute atomic E-state index is 6.59. The lowest BCUT2D eigenvalue weighted by Gasteiger charge is -2.37. The molecule has 4 unspecified atom stereocenters. The van der Waals surface area contributed by atoms with Crippen molar-refractivity contribution < 1.29 is 23.7 Å². The van der Waals surface area contributed by atoms with Crippen LogP contribution >= 0.6 is 0 Å². The first-order chi connectivity index (χ1) is 16.7. The Hall–Kier alpha value is -2.54. The molecule has 1 heterocycles. The van der Waals surface area contributed by atoms with E-state index in [1.807, 2.05) is 54.6 Å². The van der Waals surface area contributed by atoms with Crippen molar-refractivity contribution in [1.29, 1.82) is 0 Å². The first-order valence-corrected chi connectivity index (χ1v) is 11.9. The zero-order valence-electron chi connectivity index (χ0n) is 20.0. The highest BCUT2D eigenvalue weighted by Gasteiger charge is 2.58. The monoisotopic (exact) mass is 462 g/mol. The summed E-state index contributed by atoms with van der Waals surface area (Å²) in [7, 11) is 1.66. The van der Waals surface area contributed by atoms with E-state index in [1.54, 1.807) is 7.11 Å². The molecular formula is C29H34O5. The van der Waals surface area contributed by atoms with Gasteiger partial charge in [-0.25, -0.2) is 0 Å². The molecular weight excluding hydrogens is 428 g/mol. The topological polar surface area (TPSA) is 46.2 Å². The Bertz CT molecular complexity index is 966. The van der Waals surface area contributed by atoms with Crippen molar-refractivity contribution in [3.8, 4) is 0 Å². The van der Waals surface area contributed by atoms with E-state index in [0.29, 0.717) is 32.8 Å². The molecule has 0 saturated carbocycles. The molecule has 0 bridgehead atoms. The van der Waals surface area contributed by atoms with E-state index in [4.69, 9.17) is 23.7 Å². The van der Waals surface area contributed by atoms with E-state index in [2.05, 4.69) is 43.3 Å². The molecule has 0 radical (unpaired) electrons. The summed E-state index contributed by atoms with van der Waals surface area (Å²) in [5.41, 5.74) is 2.55. The molecule has 5 heteroatoms. The minimum atomic E-state index is -0.764. The summed E-state index contributed by atoms with van der Waals surface area (Å²) in [5.74, 6) is 0. The van der Waals surface area contributed by atoms with Crippen LogP contribution in [0.4, 0.5) is 0 Å². The van der Waals surface area contributed by atoms with Gasteiger partial charge in [-0.2, -0.15) is 0 Å². The van der Waals surface area contributed by atoms with Crippen molar-refractivity contribution >= 4 is 0 Å². The first-order valence-electron chi connectivity index (χ1n) is 11.9. The van der Waals surface area contributed by atoms with Crippen LogP contribution in [0.3, 0.4) is 0 Å². The van der Waals surface area contributed by atoms with Gasteiger partial charge in [0.05, 0.1) is 26.4 Å². The van der Waals surface area contributed by atoms with Crippen LogP contribution in [0, 0.1) is 0 Å². The molecule has 1 fully saturated rings. The average Bonchev–Trinajstić information content (AvgIpc) is 3.20. The van der Waals surface area contributed by atoms with Crippen LogP contribution in [0.25, 0.3) is 0 Å². The number of rotatable bonds is 12. The van der Waals surface area contributed by atoms with Gasteiger partial charge in [0.15, 0.2) is 6.29 Å². The molecule has 3 aromatic rings. The van der Waals surface area contributed by atoms with E-state index >= 15 is 0 Å². The maximum Gasteiger partial charge on any atom is 0.189 e. The van der Waals surface area contributed by atoms with Crippen molar-refractivity contribution in [1.82, 2.24) is 0 Å². The van der Waals surface area contributed by atoms with E-state index in [1.165, 1.54) is 0 Å². The van der Waals surface area contributed by atoms with Crippen molar-refractivity contribution in [2.45, 2.75) is 57.3 Å². The number of methoxy groups -OCH3 is 1. The number of hydrogen-bond donors (Lipinski definition) is 0. The minimum absolute atomic E-state index is 0.326. The molecule has 5 nitrogen and oxygen atoms in total. The van der Waals surface area contributed by atoms with Crippen molar-refractivity contribution in [2.24, 2.45) is 0 Å². The summed E-state index contributed by atoms with van der Waals surface area (Å²) in [6.07, 6.45) is -0.574. The van der Waals surface area contributed by atoms with Crippen LogP contribution in [0.15, 0.2) is 91.0 Å². The Morgan fingerprint density at radius 1 is 0.735 bits per heavy atom. The second-order valence-electron chi connectivity index (χ2n) is 8.54. The zero-order chi connectivity index (χ0) is 23.6. The van der Waals surface area contributed by atoms with Crippen LogP contribution in [-0.2, 0) is 43.5 Å². The van der Waals surface area contributed by atoms with Crippen LogP contribution in [0.2, 0.25) is 0 Å². The van der Waals surface area contributed by atoms with E-state index in [0.717, 1.165) is 16.7 Å². The Labute approximate surface area is 202 Å². The first kappa shape index (κ1) is 24.6. The standard InChI is InChI=1S/C29H34O5/c1-3-29(33-21-25-17-11-6-12-18-25)27(32-20-24-15-9-5-10-16-24)26(34-28(29)30-2)22-31-19-23-13-7-4-8-14-23/h4-18,26-28H,3,19-22H2,1-2H3. The highest BCUT2D eigenvalue weighted by atomic mass is 16.7. The van der Waals surface area contributed by atoms with Gasteiger partial charge in [-0.05, 0) is 23.1 Å². The summed E-state index contributed by atoms with van der Waals surface area (Å²) in [6, 6.07) is 30.4. The van der Waals surface area contributed by atoms with E-state index in [-0.39, 0.29) is 12.2 Å². The van der Waals surface area contributed by atoms with E-state index < -0.39 is 11.9 Å². The molecule has 0 aromatic heterocycles. The third-order valence-electron chi connectivity index (χ3n) is 6.30. The Morgan fingerprint density at radius 3 is 1.79 bits per heavy atom. The van der Waals surface area contributed by atoms with Crippen LogP contribution in [-0.4, -0.2) is 37.8 Å². The molecule has 0 amide bonds. The van der Waals surface area contributed by atoms with Gasteiger partial charge in [-0.15, -0.1) is 0 Å². The SMILES string of the molecule is CCC1(OCc2ccccc2)C(OC)OC(COCc2ccccc2)C1OCc1ccccc1. The fourth-order valence-corrected chi connectivity index (χ4v) is 4.46. The smallest absolute Gasteiger partial charge is 0.189 e. The third kappa shape index (κ3) is 5.93. The number of hydrogen-bond acceptors (Lipinski definition) is 5. The normalized spacial score (nSPS) is 24.4. The predicted molar refractivity (Wildman–Crippen MR) is 131 cm³/mol. The van der Waals surface area contributed by atoms with E-state index in [9.17, 15) is 0 Å². The second kappa shape index (κ2) is 12.2. The largest absolute Gasteiger partial charge is 0.374 e. The molecule has 180 valence electrons. The molecule has 3 aromatic carbocycles. The van der Waals surface area contributed by atoms with Crippen LogP contribution < -0.4 is 0 Å². The van der Waals surface area contributed by atoms with Crippen molar-refractivity contribution in [3.63, 3.8) is 0 Å². The number of ether oxygens (including phenoxy) is 5. The zero-order valence-corrected chi connectivity index (χ0v) is 20.0. The molecule has 34 heavy (non-hydrogen) atoms. The fourth-order valence-electron chi connectivity index (χ4n) is 4.46. The highest BCUT2D eigenvalue weighted by molar-refractivity contribution is 5.16. The molecule has 0 spiro atoms. The van der Waals surface area contributed by atoms with Crippen molar-refractivity contribution in [2.75, 3.05) is 13.7 Å². The third-order valence-corrected chi connectivity index (χ3v) is 6.30. The molecule has 0 aliphatic carbocycles. The predicted octanol–water partition coefficient (Wildman–Crippen LogP) is 5.53. The molecule has 1 saturated heterocycles. The minimum Gasteiger partial charge on any atom is -0.374 e. The summed E-state index contributed by atoms with van der Waals surface area (Å²) in [4.78, 5) is 0. The fraction of sp³-hybridized carbons (Fsp3) is 0.379. The van der Waals surface area contributed by atoms with Gasteiger partial charge in [0, 0.05) is 7.11 Å². The van der Waals surface area contributed by atoms with Crippen LogP contribution in [0.5, 0.6) is 0 Å². The molecule has 1 aliphatic heterocycles. The Kier molecular flexibility index (Phi) is 8.85. The van der Waals surface area contributed by atoms with Gasteiger partial charge in [-0.1, -0.05) is 97.9 Å². The van der Waals surface area contributed by atoms with Crippen LogP contribution in [0.1, 0.15) is 30.0 Å². The lowest BCUT2D eigenvalue weighted by molar-refractivity contribution is -0.225. The lowest BCUT2D eigenvalue weighted by atomic mass is 9.91. The van der Waals surface area contributed by atoms with Gasteiger partial charge >= 0.3 is 0 Å². The summed E-state index contributed by atoms with van der Waals surface area (Å²) >= 11 is 0. The Balaban J connectivity index is 1.52. The van der Waals surface area contributed by atoms with Gasteiger partial charge in [0.25, 0.3) is 0 Å². The molecule has 1 aliphatic rings. The average molecular weight is 463 g/mol. The quantitative estimate of drug-likeness (QED) is 0.354. The van der Waals surface area contributed by atoms with Gasteiger partial charge < -0.3 is 23.7 Å². The van der Waals surface area contributed by atoms with Gasteiger partial charge in [-0.3, -0.25) is 0 Å². The molecule has 4 rings (SSSR count). The molecule has 4 atom stereocenters. The summed E-state index contributed by atoms with van der Waals surface area (Å²) in [5, 5.41) is 0. The number of benzene rings is 3. The van der Waals surface area contributed by atoms with Gasteiger partial charge in [0.1, 0.15) is 17.8 Å². The second-order valence-corrected chi connectivity index (χ2v) is 8.54. The van der Waals surface area contributed by atoms with Gasteiger partial charge in [0.2, 0.25) is 0 Å². The highest BCUT2D eigenvalue weighted by Crippen LogP contribution is 2.41. The maximum atomic E-state index is 6.59.